The van der Waals surface area contributed by atoms with Gasteiger partial charge in [-0.25, -0.2) is 9.59 Å². The number of carbonyl (C=O) groups excluding carboxylic acids is 2. The van der Waals surface area contributed by atoms with Crippen molar-refractivity contribution in [1.29, 1.82) is 0 Å². The Morgan fingerprint density at radius 1 is 0.800 bits per heavy atom. The Kier molecular flexibility index (Phi) is 8.03. The van der Waals surface area contributed by atoms with Gasteiger partial charge in [0.25, 0.3) is 0 Å². The average molecular weight is 286 g/mol. The Labute approximate surface area is 113 Å². The van der Waals surface area contributed by atoms with Gasteiger partial charge in [-0.3, -0.25) is 9.59 Å². The molecule has 0 aliphatic carbocycles. The molecule has 0 radical (unpaired) electrons. The van der Waals surface area contributed by atoms with Gasteiger partial charge in [0.2, 0.25) is 11.8 Å². The smallest absolute Gasteiger partial charge is 0.328 e. The minimum Gasteiger partial charge on any atom is -0.478 e. The van der Waals surface area contributed by atoms with Crippen molar-refractivity contribution in [1.82, 2.24) is 10.6 Å². The summed E-state index contributed by atoms with van der Waals surface area (Å²) < 4.78 is 0. The number of aliphatic hydroxyl groups excluding tert-OH is 1. The van der Waals surface area contributed by atoms with Crippen LogP contribution in [0.1, 0.15) is 0 Å². The van der Waals surface area contributed by atoms with Crippen LogP contribution in [0.3, 0.4) is 0 Å². The number of aliphatic hydroxyl groups is 1. The van der Waals surface area contributed by atoms with Crippen molar-refractivity contribution >= 4 is 23.8 Å². The molecule has 0 rings (SSSR count). The van der Waals surface area contributed by atoms with Gasteiger partial charge in [0, 0.05) is 37.4 Å². The molecule has 0 atom stereocenters. The van der Waals surface area contributed by atoms with Crippen molar-refractivity contribution in [3.63, 3.8) is 0 Å². The lowest BCUT2D eigenvalue weighted by Crippen LogP contribution is -2.39. The second-order valence-corrected chi connectivity index (χ2v) is 3.49. The van der Waals surface area contributed by atoms with E-state index in [4.69, 9.17) is 10.2 Å². The van der Waals surface area contributed by atoms with E-state index in [2.05, 4.69) is 10.6 Å². The summed E-state index contributed by atoms with van der Waals surface area (Å²) in [5.41, 5.74) is 0. The molecule has 0 aromatic heterocycles. The summed E-state index contributed by atoms with van der Waals surface area (Å²) >= 11 is 0. The molecule has 0 unspecified atom stereocenters. The molecule has 9 nitrogen and oxygen atoms in total. The highest BCUT2D eigenvalue weighted by Gasteiger charge is 2.07. The third-order valence-corrected chi connectivity index (χ3v) is 1.78. The second-order valence-electron chi connectivity index (χ2n) is 3.49. The zero-order valence-electron chi connectivity index (χ0n) is 10.3. The Morgan fingerprint density at radius 3 is 1.45 bits per heavy atom. The van der Waals surface area contributed by atoms with Crippen LogP contribution in [0.4, 0.5) is 0 Å². The summed E-state index contributed by atoms with van der Waals surface area (Å²) in [6.45, 7) is -0.405. The third-order valence-electron chi connectivity index (χ3n) is 1.78. The van der Waals surface area contributed by atoms with Crippen molar-refractivity contribution in [2.24, 2.45) is 0 Å². The average Bonchev–Trinajstić information content (AvgIpc) is 2.37. The topological polar surface area (TPSA) is 153 Å². The number of nitrogens with one attached hydrogen (secondary N) is 2. The first-order valence-electron chi connectivity index (χ1n) is 5.37. The fourth-order valence-corrected chi connectivity index (χ4v) is 0.921. The molecule has 0 heterocycles. The molecule has 0 spiro atoms. The van der Waals surface area contributed by atoms with Crippen LogP contribution in [-0.2, 0) is 19.2 Å². The third kappa shape index (κ3) is 10.5. The van der Waals surface area contributed by atoms with Crippen LogP contribution in [0.15, 0.2) is 24.3 Å². The first-order valence-corrected chi connectivity index (χ1v) is 5.37. The van der Waals surface area contributed by atoms with Crippen LogP contribution >= 0.6 is 0 Å². The maximum Gasteiger partial charge on any atom is 0.328 e. The number of rotatable bonds is 8. The van der Waals surface area contributed by atoms with Gasteiger partial charge in [0.05, 0.1) is 6.10 Å². The maximum atomic E-state index is 11.0. The molecule has 2 amide bonds. The fraction of sp³-hybridized carbons (Fsp3) is 0.273. The van der Waals surface area contributed by atoms with E-state index < -0.39 is 29.9 Å². The minimum absolute atomic E-state index is 0.203. The summed E-state index contributed by atoms with van der Waals surface area (Å²) in [5, 5.41) is 30.3. The van der Waals surface area contributed by atoms with Crippen molar-refractivity contribution in [2.75, 3.05) is 13.1 Å². The van der Waals surface area contributed by atoms with Crippen molar-refractivity contribution < 1.29 is 34.5 Å². The van der Waals surface area contributed by atoms with Gasteiger partial charge in [-0.15, -0.1) is 0 Å². The van der Waals surface area contributed by atoms with E-state index in [0.717, 1.165) is 12.2 Å². The number of carbonyl (C=O) groups is 4. The summed E-state index contributed by atoms with van der Waals surface area (Å²) in [6, 6.07) is 0. The van der Waals surface area contributed by atoms with Gasteiger partial charge >= 0.3 is 11.9 Å². The van der Waals surface area contributed by atoms with E-state index in [1.54, 1.807) is 0 Å². The SMILES string of the molecule is O=C(O)/C=C\C(=O)NCC(O)CNC(=O)/C=C\C(=O)O. The molecule has 110 valence electrons. The van der Waals surface area contributed by atoms with Gasteiger partial charge in [0.1, 0.15) is 0 Å². The molecule has 5 N–H and O–H groups in total. The molecule has 0 aromatic carbocycles. The Bertz CT molecular complexity index is 402. The van der Waals surface area contributed by atoms with E-state index in [0.29, 0.717) is 12.2 Å². The van der Waals surface area contributed by atoms with Crippen LogP contribution in [0.25, 0.3) is 0 Å². The molecule has 9 heteroatoms. The first-order chi connectivity index (χ1) is 9.31. The summed E-state index contributed by atoms with van der Waals surface area (Å²) in [4.78, 5) is 42.3. The highest BCUT2D eigenvalue weighted by atomic mass is 16.4. The molecule has 20 heavy (non-hydrogen) atoms. The molecule has 0 aliphatic heterocycles. The minimum atomic E-state index is -1.28. The van der Waals surface area contributed by atoms with Crippen molar-refractivity contribution in [3.05, 3.63) is 24.3 Å². The largest absolute Gasteiger partial charge is 0.478 e. The lowest BCUT2D eigenvalue weighted by Gasteiger charge is -2.11. The van der Waals surface area contributed by atoms with E-state index in [1.807, 2.05) is 0 Å². The quantitative estimate of drug-likeness (QED) is 0.319. The lowest BCUT2D eigenvalue weighted by molar-refractivity contribution is -0.132. The maximum absolute atomic E-state index is 11.0. The highest BCUT2D eigenvalue weighted by molar-refractivity contribution is 5.94. The molecular formula is C11H14N2O7. The van der Waals surface area contributed by atoms with Crippen LogP contribution in [0, 0.1) is 0 Å². The van der Waals surface area contributed by atoms with Crippen molar-refractivity contribution in [3.8, 4) is 0 Å². The van der Waals surface area contributed by atoms with E-state index in [9.17, 15) is 24.3 Å². The molecule has 0 saturated heterocycles. The number of amides is 2. The Hall–Kier alpha value is -2.68. The number of carboxylic acid groups (broad SMARTS) is 2. The van der Waals surface area contributed by atoms with Gasteiger partial charge in [0.15, 0.2) is 0 Å². The number of hydrogen-bond donors (Lipinski definition) is 5. The Morgan fingerprint density at radius 2 is 1.15 bits per heavy atom. The number of carboxylic acids is 2. The predicted octanol–water partition coefficient (Wildman–Crippen LogP) is -2.14. The first kappa shape index (κ1) is 17.3. The summed E-state index contributed by atoms with van der Waals surface area (Å²) in [5.74, 6) is -3.97. The van der Waals surface area contributed by atoms with Crippen LogP contribution in [-0.4, -0.2) is 58.3 Å². The lowest BCUT2D eigenvalue weighted by atomic mass is 10.3. The van der Waals surface area contributed by atoms with E-state index in [1.165, 1.54) is 0 Å². The number of hydrogen-bond acceptors (Lipinski definition) is 5. The monoisotopic (exact) mass is 286 g/mol. The summed E-state index contributed by atoms with van der Waals surface area (Å²) in [6.07, 6.45) is 1.74. The van der Waals surface area contributed by atoms with E-state index >= 15 is 0 Å². The molecule has 0 fully saturated rings. The van der Waals surface area contributed by atoms with Gasteiger partial charge in [-0.2, -0.15) is 0 Å². The molecule has 0 bridgehead atoms. The number of aliphatic carboxylic acids is 2. The van der Waals surface area contributed by atoms with Crippen LogP contribution < -0.4 is 10.6 Å². The zero-order chi connectivity index (χ0) is 15.5. The molecule has 0 aliphatic rings. The predicted molar refractivity (Wildman–Crippen MR) is 65.6 cm³/mol. The normalized spacial score (nSPS) is 10.9. The van der Waals surface area contributed by atoms with Gasteiger partial charge in [-0.05, 0) is 0 Å². The zero-order valence-corrected chi connectivity index (χ0v) is 10.3. The summed E-state index contributed by atoms with van der Waals surface area (Å²) in [7, 11) is 0. The van der Waals surface area contributed by atoms with Crippen molar-refractivity contribution in [2.45, 2.75) is 6.10 Å². The van der Waals surface area contributed by atoms with Gasteiger partial charge < -0.3 is 26.0 Å². The van der Waals surface area contributed by atoms with E-state index in [-0.39, 0.29) is 13.1 Å². The second kappa shape index (κ2) is 9.28. The van der Waals surface area contributed by atoms with Gasteiger partial charge in [-0.1, -0.05) is 0 Å². The molecule has 0 saturated carbocycles. The highest BCUT2D eigenvalue weighted by Crippen LogP contribution is 1.82. The van der Waals surface area contributed by atoms with Crippen LogP contribution in [0.2, 0.25) is 0 Å². The Balaban J connectivity index is 3.92. The molecular weight excluding hydrogens is 272 g/mol. The standard InChI is InChI=1S/C11H14N2O7/c14-7(5-12-8(15)1-3-10(17)18)6-13-9(16)2-4-11(19)20/h1-4,7,14H,5-6H2,(H,12,15)(H,13,16)(H,17,18)(H,19,20)/b3-1-,4-2-. The fourth-order valence-electron chi connectivity index (χ4n) is 0.921. The van der Waals surface area contributed by atoms with Crippen LogP contribution in [0.5, 0.6) is 0 Å². The molecule has 0 aromatic rings.